The number of anilines is 2. The Bertz CT molecular complexity index is 532. The predicted molar refractivity (Wildman–Crippen MR) is 74.1 cm³/mol. The molecule has 1 aromatic carbocycles. The number of aryl methyl sites for hydroxylation is 2. The molecule has 1 aromatic heterocycles. The molecule has 0 radical (unpaired) electrons. The lowest BCUT2D eigenvalue weighted by Gasteiger charge is -2.22. The zero-order valence-electron chi connectivity index (χ0n) is 11.0. The van der Waals surface area contributed by atoms with Crippen molar-refractivity contribution in [3.05, 3.63) is 53.3 Å². The van der Waals surface area contributed by atoms with Crippen molar-refractivity contribution >= 4 is 11.4 Å². The summed E-state index contributed by atoms with van der Waals surface area (Å²) in [5.41, 5.74) is 5.38. The number of nitrogens with zero attached hydrogens (tertiary/aromatic N) is 2. The molecule has 1 N–H and O–H groups in total. The molecule has 3 heteroatoms. The standard InChI is InChI=1S/C15H18N2O/c1-11-6-12(2)8-14(7-11)17(3)15-9-16-5-4-13(15)10-18/h4-9,18H,10H2,1-3H3. The van der Waals surface area contributed by atoms with Gasteiger partial charge in [0, 0.05) is 24.5 Å². The summed E-state index contributed by atoms with van der Waals surface area (Å²) in [6, 6.07) is 8.24. The fourth-order valence-corrected chi connectivity index (χ4v) is 2.13. The normalized spacial score (nSPS) is 10.4. The van der Waals surface area contributed by atoms with Crippen molar-refractivity contribution in [2.45, 2.75) is 20.5 Å². The molecular weight excluding hydrogens is 224 g/mol. The molecule has 1 heterocycles. The number of aromatic nitrogens is 1. The van der Waals surface area contributed by atoms with E-state index in [1.807, 2.05) is 13.1 Å². The van der Waals surface area contributed by atoms with Crippen LogP contribution in [0.4, 0.5) is 11.4 Å². The van der Waals surface area contributed by atoms with Gasteiger partial charge in [0.25, 0.3) is 0 Å². The summed E-state index contributed by atoms with van der Waals surface area (Å²) in [5.74, 6) is 0. The number of hydrogen-bond donors (Lipinski definition) is 1. The van der Waals surface area contributed by atoms with E-state index < -0.39 is 0 Å². The largest absolute Gasteiger partial charge is 0.392 e. The second-order valence-corrected chi connectivity index (χ2v) is 4.57. The maximum atomic E-state index is 9.37. The smallest absolute Gasteiger partial charge is 0.0703 e. The summed E-state index contributed by atoms with van der Waals surface area (Å²) in [6.07, 6.45) is 3.48. The first-order valence-corrected chi connectivity index (χ1v) is 5.97. The third-order valence-corrected chi connectivity index (χ3v) is 3.01. The summed E-state index contributed by atoms with van der Waals surface area (Å²) in [4.78, 5) is 6.19. The van der Waals surface area contributed by atoms with E-state index in [2.05, 4.69) is 41.9 Å². The average Bonchev–Trinajstić information content (AvgIpc) is 2.36. The van der Waals surface area contributed by atoms with Crippen LogP contribution < -0.4 is 4.90 Å². The molecule has 0 saturated heterocycles. The van der Waals surface area contributed by atoms with E-state index in [9.17, 15) is 5.11 Å². The molecule has 0 amide bonds. The Labute approximate surface area is 108 Å². The third kappa shape index (κ3) is 2.51. The minimum atomic E-state index is 0.0208. The molecule has 18 heavy (non-hydrogen) atoms. The Kier molecular flexibility index (Phi) is 3.63. The summed E-state index contributed by atoms with van der Waals surface area (Å²) in [7, 11) is 1.99. The second-order valence-electron chi connectivity index (χ2n) is 4.57. The van der Waals surface area contributed by atoms with E-state index >= 15 is 0 Å². The molecule has 0 fully saturated rings. The molecule has 2 rings (SSSR count). The van der Waals surface area contributed by atoms with Gasteiger partial charge >= 0.3 is 0 Å². The van der Waals surface area contributed by atoms with Gasteiger partial charge < -0.3 is 10.0 Å². The molecule has 3 nitrogen and oxygen atoms in total. The van der Waals surface area contributed by atoms with Crippen LogP contribution in [0.25, 0.3) is 0 Å². The molecule has 0 saturated carbocycles. The Hall–Kier alpha value is -1.87. The zero-order chi connectivity index (χ0) is 13.1. The topological polar surface area (TPSA) is 36.4 Å². The lowest BCUT2D eigenvalue weighted by atomic mass is 10.1. The minimum Gasteiger partial charge on any atom is -0.392 e. The van der Waals surface area contributed by atoms with Gasteiger partial charge in [-0.2, -0.15) is 0 Å². The molecule has 0 unspecified atom stereocenters. The number of hydrogen-bond acceptors (Lipinski definition) is 3. The molecule has 0 aliphatic rings. The Balaban J connectivity index is 2.44. The summed E-state index contributed by atoms with van der Waals surface area (Å²) >= 11 is 0. The summed E-state index contributed by atoms with van der Waals surface area (Å²) < 4.78 is 0. The van der Waals surface area contributed by atoms with Gasteiger partial charge in [-0.25, -0.2) is 0 Å². The highest BCUT2D eigenvalue weighted by Crippen LogP contribution is 2.27. The average molecular weight is 242 g/mol. The highest BCUT2D eigenvalue weighted by atomic mass is 16.3. The molecule has 0 aliphatic carbocycles. The van der Waals surface area contributed by atoms with E-state index in [-0.39, 0.29) is 6.61 Å². The van der Waals surface area contributed by atoms with E-state index in [0.717, 1.165) is 16.9 Å². The highest BCUT2D eigenvalue weighted by Gasteiger charge is 2.09. The lowest BCUT2D eigenvalue weighted by molar-refractivity contribution is 0.282. The first-order chi connectivity index (χ1) is 8.61. The van der Waals surface area contributed by atoms with Crippen LogP contribution in [0.3, 0.4) is 0 Å². The van der Waals surface area contributed by atoms with Crippen LogP contribution in [0.15, 0.2) is 36.7 Å². The van der Waals surface area contributed by atoms with Crippen LogP contribution in [0.2, 0.25) is 0 Å². The summed E-state index contributed by atoms with van der Waals surface area (Å²) in [6.45, 7) is 4.19. The minimum absolute atomic E-state index is 0.0208. The Morgan fingerprint density at radius 1 is 1.17 bits per heavy atom. The molecule has 0 bridgehead atoms. The van der Waals surface area contributed by atoms with Crippen molar-refractivity contribution in [3.8, 4) is 0 Å². The van der Waals surface area contributed by atoms with Crippen LogP contribution in [0, 0.1) is 13.8 Å². The number of benzene rings is 1. The van der Waals surface area contributed by atoms with Crippen LogP contribution in [0.1, 0.15) is 16.7 Å². The SMILES string of the molecule is Cc1cc(C)cc(N(C)c2cnccc2CO)c1. The van der Waals surface area contributed by atoms with Crippen molar-refractivity contribution in [2.75, 3.05) is 11.9 Å². The third-order valence-electron chi connectivity index (χ3n) is 3.01. The van der Waals surface area contributed by atoms with Gasteiger partial charge in [-0.1, -0.05) is 6.07 Å². The Morgan fingerprint density at radius 3 is 2.44 bits per heavy atom. The van der Waals surface area contributed by atoms with Gasteiger partial charge in [0.15, 0.2) is 0 Å². The molecular formula is C15H18N2O. The maximum Gasteiger partial charge on any atom is 0.0703 e. The molecule has 2 aromatic rings. The van der Waals surface area contributed by atoms with Crippen LogP contribution in [-0.4, -0.2) is 17.1 Å². The maximum absolute atomic E-state index is 9.37. The van der Waals surface area contributed by atoms with Gasteiger partial charge in [-0.15, -0.1) is 0 Å². The van der Waals surface area contributed by atoms with Gasteiger partial charge in [0.1, 0.15) is 0 Å². The van der Waals surface area contributed by atoms with Gasteiger partial charge in [-0.05, 0) is 43.2 Å². The van der Waals surface area contributed by atoms with E-state index in [4.69, 9.17) is 0 Å². The van der Waals surface area contributed by atoms with Crippen molar-refractivity contribution in [2.24, 2.45) is 0 Å². The lowest BCUT2D eigenvalue weighted by Crippen LogP contribution is -2.12. The fraction of sp³-hybridized carbons (Fsp3) is 0.267. The quantitative estimate of drug-likeness (QED) is 0.899. The molecule has 0 spiro atoms. The summed E-state index contributed by atoms with van der Waals surface area (Å²) in [5, 5.41) is 9.37. The highest BCUT2D eigenvalue weighted by molar-refractivity contribution is 5.65. The molecule has 0 aliphatic heterocycles. The second kappa shape index (κ2) is 5.19. The van der Waals surface area contributed by atoms with Crippen molar-refractivity contribution in [1.82, 2.24) is 4.98 Å². The number of aliphatic hydroxyl groups is 1. The first-order valence-electron chi connectivity index (χ1n) is 5.97. The van der Waals surface area contributed by atoms with Gasteiger partial charge in [-0.3, -0.25) is 4.98 Å². The van der Waals surface area contributed by atoms with E-state index in [1.165, 1.54) is 11.1 Å². The first kappa shape index (κ1) is 12.6. The molecule has 0 atom stereocenters. The van der Waals surface area contributed by atoms with Gasteiger partial charge in [0.05, 0.1) is 18.5 Å². The van der Waals surface area contributed by atoms with Crippen LogP contribution >= 0.6 is 0 Å². The zero-order valence-corrected chi connectivity index (χ0v) is 11.0. The molecule has 94 valence electrons. The van der Waals surface area contributed by atoms with Crippen LogP contribution in [-0.2, 0) is 6.61 Å². The van der Waals surface area contributed by atoms with E-state index in [1.54, 1.807) is 12.4 Å². The number of pyridine rings is 1. The van der Waals surface area contributed by atoms with E-state index in [0.29, 0.717) is 0 Å². The number of rotatable bonds is 3. The van der Waals surface area contributed by atoms with Crippen molar-refractivity contribution in [1.29, 1.82) is 0 Å². The van der Waals surface area contributed by atoms with Gasteiger partial charge in [0.2, 0.25) is 0 Å². The van der Waals surface area contributed by atoms with Crippen molar-refractivity contribution < 1.29 is 5.11 Å². The fourth-order valence-electron chi connectivity index (χ4n) is 2.13. The number of aliphatic hydroxyl groups excluding tert-OH is 1. The predicted octanol–water partition coefficient (Wildman–Crippen LogP) is 2.96. The van der Waals surface area contributed by atoms with Crippen LogP contribution in [0.5, 0.6) is 0 Å². The Morgan fingerprint density at radius 2 is 1.83 bits per heavy atom. The monoisotopic (exact) mass is 242 g/mol. The van der Waals surface area contributed by atoms with Crippen molar-refractivity contribution in [3.63, 3.8) is 0 Å².